The van der Waals surface area contributed by atoms with Gasteiger partial charge in [-0.25, -0.2) is 4.98 Å². The second-order valence-electron chi connectivity index (χ2n) is 8.18. The lowest BCUT2D eigenvalue weighted by atomic mass is 10.1. The summed E-state index contributed by atoms with van der Waals surface area (Å²) in [6.07, 6.45) is 7.08. The Morgan fingerprint density at radius 2 is 1.93 bits per heavy atom. The molecular weight excluding hydrogens is 394 g/mol. The molecule has 2 aromatic heterocycles. The first-order chi connectivity index (χ1) is 14.7. The molecule has 7 heteroatoms. The molecule has 0 saturated carbocycles. The van der Waals surface area contributed by atoms with Gasteiger partial charge in [-0.05, 0) is 56.1 Å². The van der Waals surface area contributed by atoms with Crippen molar-refractivity contribution >= 4 is 32.6 Å². The van der Waals surface area contributed by atoms with Gasteiger partial charge in [-0.2, -0.15) is 0 Å². The summed E-state index contributed by atoms with van der Waals surface area (Å²) in [5, 5.41) is 3.74. The Hall–Kier alpha value is -2.51. The van der Waals surface area contributed by atoms with Crippen LogP contribution in [0.15, 0.2) is 36.5 Å². The molecule has 2 fully saturated rings. The molecule has 0 spiro atoms. The zero-order chi connectivity index (χ0) is 20.5. The molecule has 1 N–H and O–H groups in total. The zero-order valence-electron chi connectivity index (χ0n) is 17.3. The summed E-state index contributed by atoms with van der Waals surface area (Å²) in [4.78, 5) is 26.1. The van der Waals surface area contributed by atoms with E-state index < -0.39 is 0 Å². The van der Waals surface area contributed by atoms with E-state index in [4.69, 9.17) is 4.98 Å². The number of likely N-dealkylation sites (tertiary alicyclic amines) is 1. The standard InChI is InChI=1S/C23H27N5OS/c1-24-22(29)20-8-6-17(14-25-20)16-5-7-19-21(13-16)30-23(26-19)28-12-9-18(15-28)27-10-3-2-4-11-27/h5-8,13-14,18H,2-4,9-12,15H2,1H3,(H,24,29). The van der Waals surface area contributed by atoms with Crippen molar-refractivity contribution in [1.82, 2.24) is 20.2 Å². The van der Waals surface area contributed by atoms with Crippen molar-refractivity contribution in [1.29, 1.82) is 0 Å². The van der Waals surface area contributed by atoms with E-state index in [1.165, 1.54) is 43.5 Å². The summed E-state index contributed by atoms with van der Waals surface area (Å²) in [5.41, 5.74) is 3.59. The van der Waals surface area contributed by atoms with Crippen LogP contribution in [0.3, 0.4) is 0 Å². The van der Waals surface area contributed by atoms with E-state index in [-0.39, 0.29) is 5.91 Å². The van der Waals surface area contributed by atoms with E-state index in [2.05, 4.69) is 38.3 Å². The van der Waals surface area contributed by atoms with Gasteiger partial charge >= 0.3 is 0 Å². The van der Waals surface area contributed by atoms with Gasteiger partial charge < -0.3 is 10.2 Å². The van der Waals surface area contributed by atoms with Gasteiger partial charge in [0.2, 0.25) is 0 Å². The van der Waals surface area contributed by atoms with Crippen molar-refractivity contribution < 1.29 is 4.79 Å². The SMILES string of the molecule is CNC(=O)c1ccc(-c2ccc3nc(N4CCC(N5CCCCC5)C4)sc3c2)cn1. The first-order valence-corrected chi connectivity index (χ1v) is 11.6. The largest absolute Gasteiger partial charge is 0.354 e. The molecular formula is C23H27N5OS. The Kier molecular flexibility index (Phi) is 5.39. The van der Waals surface area contributed by atoms with E-state index in [0.29, 0.717) is 11.7 Å². The highest BCUT2D eigenvalue weighted by Gasteiger charge is 2.29. The molecule has 0 radical (unpaired) electrons. The Morgan fingerprint density at radius 3 is 2.70 bits per heavy atom. The number of thiazole rings is 1. The summed E-state index contributed by atoms with van der Waals surface area (Å²) in [6, 6.07) is 10.8. The number of carbonyl (C=O) groups is 1. The molecule has 2 saturated heterocycles. The highest BCUT2D eigenvalue weighted by molar-refractivity contribution is 7.22. The number of benzene rings is 1. The second-order valence-corrected chi connectivity index (χ2v) is 9.18. The summed E-state index contributed by atoms with van der Waals surface area (Å²) in [6.45, 7) is 4.71. The minimum Gasteiger partial charge on any atom is -0.354 e. The fourth-order valence-electron chi connectivity index (χ4n) is 4.55. The number of hydrogen-bond acceptors (Lipinski definition) is 6. The molecule has 1 atom stereocenters. The third-order valence-corrected chi connectivity index (χ3v) is 7.35. The number of aromatic nitrogens is 2. The predicted octanol–water partition coefficient (Wildman–Crippen LogP) is 3.78. The average Bonchev–Trinajstić information content (AvgIpc) is 3.46. The Balaban J connectivity index is 1.33. The summed E-state index contributed by atoms with van der Waals surface area (Å²) in [7, 11) is 1.61. The topological polar surface area (TPSA) is 61.4 Å². The number of hydrogen-bond donors (Lipinski definition) is 1. The molecule has 3 aromatic rings. The van der Waals surface area contributed by atoms with Crippen LogP contribution in [0.25, 0.3) is 21.3 Å². The van der Waals surface area contributed by atoms with E-state index in [9.17, 15) is 4.79 Å². The maximum absolute atomic E-state index is 11.7. The number of nitrogens with one attached hydrogen (secondary N) is 1. The van der Waals surface area contributed by atoms with Crippen LogP contribution in [0.2, 0.25) is 0 Å². The molecule has 1 amide bonds. The second kappa shape index (κ2) is 8.32. The van der Waals surface area contributed by atoms with Crippen LogP contribution in [0.5, 0.6) is 0 Å². The molecule has 0 aliphatic carbocycles. The number of rotatable bonds is 4. The molecule has 2 aliphatic rings. The molecule has 6 nitrogen and oxygen atoms in total. The van der Waals surface area contributed by atoms with Gasteiger partial charge in [0.05, 0.1) is 10.2 Å². The molecule has 1 unspecified atom stereocenters. The Morgan fingerprint density at radius 1 is 1.10 bits per heavy atom. The van der Waals surface area contributed by atoms with Crippen LogP contribution in [-0.4, -0.2) is 60.0 Å². The van der Waals surface area contributed by atoms with Crippen LogP contribution >= 0.6 is 11.3 Å². The maximum atomic E-state index is 11.7. The molecule has 156 valence electrons. The number of pyridine rings is 1. The third kappa shape index (κ3) is 3.79. The molecule has 2 aliphatic heterocycles. The monoisotopic (exact) mass is 421 g/mol. The van der Waals surface area contributed by atoms with Crippen molar-refractivity contribution in [2.45, 2.75) is 31.7 Å². The van der Waals surface area contributed by atoms with Crippen LogP contribution in [0.1, 0.15) is 36.2 Å². The average molecular weight is 422 g/mol. The van der Waals surface area contributed by atoms with Gasteiger partial charge in [0, 0.05) is 37.9 Å². The van der Waals surface area contributed by atoms with E-state index in [0.717, 1.165) is 34.9 Å². The number of anilines is 1. The van der Waals surface area contributed by atoms with Crippen LogP contribution in [0, 0.1) is 0 Å². The molecule has 4 heterocycles. The van der Waals surface area contributed by atoms with Crippen molar-refractivity contribution in [3.8, 4) is 11.1 Å². The first-order valence-electron chi connectivity index (χ1n) is 10.8. The third-order valence-electron chi connectivity index (χ3n) is 6.27. The maximum Gasteiger partial charge on any atom is 0.269 e. The van der Waals surface area contributed by atoms with Crippen LogP contribution in [0.4, 0.5) is 5.13 Å². The van der Waals surface area contributed by atoms with Crippen molar-refractivity contribution in [2.75, 3.05) is 38.1 Å². The van der Waals surface area contributed by atoms with E-state index in [1.54, 1.807) is 30.6 Å². The number of carbonyl (C=O) groups excluding carboxylic acids is 1. The minimum atomic E-state index is -0.169. The van der Waals surface area contributed by atoms with Gasteiger partial charge in [0.25, 0.3) is 5.91 Å². The molecule has 1 aromatic carbocycles. The van der Waals surface area contributed by atoms with Gasteiger partial charge in [-0.15, -0.1) is 0 Å². The molecule has 30 heavy (non-hydrogen) atoms. The number of nitrogens with zero attached hydrogens (tertiary/aromatic N) is 4. The summed E-state index contributed by atoms with van der Waals surface area (Å²) < 4.78 is 1.19. The molecule has 5 rings (SSSR count). The van der Waals surface area contributed by atoms with Gasteiger partial charge in [0.15, 0.2) is 5.13 Å². The Labute approximate surface area is 180 Å². The van der Waals surface area contributed by atoms with E-state index >= 15 is 0 Å². The van der Waals surface area contributed by atoms with Crippen LogP contribution in [-0.2, 0) is 0 Å². The van der Waals surface area contributed by atoms with Crippen LogP contribution < -0.4 is 10.2 Å². The van der Waals surface area contributed by atoms with E-state index in [1.807, 2.05) is 6.07 Å². The van der Waals surface area contributed by atoms with Gasteiger partial charge in [-0.3, -0.25) is 14.7 Å². The van der Waals surface area contributed by atoms with Crippen molar-refractivity contribution in [3.05, 3.63) is 42.2 Å². The van der Waals surface area contributed by atoms with Gasteiger partial charge in [-0.1, -0.05) is 29.9 Å². The quantitative estimate of drug-likeness (QED) is 0.695. The van der Waals surface area contributed by atoms with Crippen molar-refractivity contribution in [2.24, 2.45) is 0 Å². The zero-order valence-corrected chi connectivity index (χ0v) is 18.1. The number of fused-ring (bicyclic) bond motifs is 1. The normalized spacial score (nSPS) is 20.0. The summed E-state index contributed by atoms with van der Waals surface area (Å²) in [5.74, 6) is -0.169. The summed E-state index contributed by atoms with van der Waals surface area (Å²) >= 11 is 1.78. The number of amides is 1. The lowest BCUT2D eigenvalue weighted by molar-refractivity contribution is 0.0958. The minimum absolute atomic E-state index is 0.169. The lowest BCUT2D eigenvalue weighted by Gasteiger charge is -2.32. The smallest absolute Gasteiger partial charge is 0.269 e. The highest BCUT2D eigenvalue weighted by atomic mass is 32.1. The fourth-order valence-corrected chi connectivity index (χ4v) is 5.59. The first kappa shape index (κ1) is 19.5. The number of piperidine rings is 1. The lowest BCUT2D eigenvalue weighted by Crippen LogP contribution is -2.40. The van der Waals surface area contributed by atoms with Gasteiger partial charge in [0.1, 0.15) is 5.69 Å². The van der Waals surface area contributed by atoms with Crippen molar-refractivity contribution in [3.63, 3.8) is 0 Å². The highest BCUT2D eigenvalue weighted by Crippen LogP contribution is 2.34. The molecule has 0 bridgehead atoms. The fraction of sp³-hybridized carbons (Fsp3) is 0.435. The Bertz CT molecular complexity index is 1040. The predicted molar refractivity (Wildman–Crippen MR) is 122 cm³/mol.